The van der Waals surface area contributed by atoms with Crippen LogP contribution in [0.4, 0.5) is 0 Å². The lowest BCUT2D eigenvalue weighted by Crippen LogP contribution is -2.12. The predicted octanol–water partition coefficient (Wildman–Crippen LogP) is 6.32. The second kappa shape index (κ2) is 20.9. The number of hydrogen-bond donors (Lipinski definition) is 1. The molecule has 0 aromatic heterocycles. The lowest BCUT2D eigenvalue weighted by molar-refractivity contribution is -0.155. The molecule has 0 aliphatic carbocycles. The molecule has 0 aliphatic heterocycles. The smallest absolute Gasteiger partial charge is 0.341 e. The summed E-state index contributed by atoms with van der Waals surface area (Å²) in [5.74, 6) is -1.55. The molecule has 0 spiro atoms. The van der Waals surface area contributed by atoms with Gasteiger partial charge in [0.1, 0.15) is 0 Å². The summed E-state index contributed by atoms with van der Waals surface area (Å²) in [5, 5.41) is 8.40. The third-order valence-electron chi connectivity index (χ3n) is 3.77. The van der Waals surface area contributed by atoms with Crippen LogP contribution in [0.15, 0.2) is 60.8 Å². The van der Waals surface area contributed by atoms with E-state index in [4.69, 9.17) is 5.11 Å². The number of esters is 1. The molecule has 0 saturated carbocycles. The zero-order chi connectivity index (χ0) is 20.7. The van der Waals surface area contributed by atoms with Crippen molar-refractivity contribution in [2.45, 2.75) is 71.1 Å². The average Bonchev–Trinajstić information content (AvgIpc) is 2.68. The molecule has 0 unspecified atom stereocenters. The molecular weight excluding hydrogens is 352 g/mol. The Balaban J connectivity index is 3.47. The number of aliphatic carboxylic acids is 1. The Kier molecular flexibility index (Phi) is 19.2. The predicted molar refractivity (Wildman–Crippen MR) is 116 cm³/mol. The third-order valence-corrected chi connectivity index (χ3v) is 3.77. The van der Waals surface area contributed by atoms with Gasteiger partial charge in [-0.3, -0.25) is 4.79 Å². The van der Waals surface area contributed by atoms with Crippen molar-refractivity contribution in [2.75, 3.05) is 6.61 Å². The van der Waals surface area contributed by atoms with Gasteiger partial charge in [0.15, 0.2) is 6.61 Å². The highest BCUT2D eigenvalue weighted by atomic mass is 16.5. The maximum absolute atomic E-state index is 11.2. The standard InChI is InChI=1S/C24H36O4/c1-2-3-4-5-6-7-8-9-10-11-12-13-14-15-16-17-18-19-20-21-24(27)28-22-23(25)26/h3-4,6-7,9-10,12-13,15-16H,2,5,8,11,14,17-22H2,1H3,(H,25,26)/b4-3-,7-6-,10-9-,13-12-,16-15-. The summed E-state index contributed by atoms with van der Waals surface area (Å²) in [6.45, 7) is 1.60. The second-order valence-electron chi connectivity index (χ2n) is 6.36. The lowest BCUT2D eigenvalue weighted by Gasteiger charge is -2.01. The van der Waals surface area contributed by atoms with Crippen molar-refractivity contribution >= 4 is 11.9 Å². The van der Waals surface area contributed by atoms with Crippen LogP contribution in [0, 0.1) is 0 Å². The normalized spacial score (nSPS) is 12.3. The fourth-order valence-corrected chi connectivity index (χ4v) is 2.29. The van der Waals surface area contributed by atoms with E-state index in [1.807, 2.05) is 0 Å². The number of ether oxygens (including phenoxy) is 1. The zero-order valence-corrected chi connectivity index (χ0v) is 17.2. The van der Waals surface area contributed by atoms with Crippen LogP contribution in [0.5, 0.6) is 0 Å². The van der Waals surface area contributed by atoms with Gasteiger partial charge >= 0.3 is 11.9 Å². The first-order valence-electron chi connectivity index (χ1n) is 10.3. The first-order valence-corrected chi connectivity index (χ1v) is 10.3. The molecule has 0 aliphatic rings. The number of carbonyl (C=O) groups is 2. The molecule has 156 valence electrons. The average molecular weight is 389 g/mol. The van der Waals surface area contributed by atoms with E-state index >= 15 is 0 Å². The van der Waals surface area contributed by atoms with Crippen LogP contribution in [0.3, 0.4) is 0 Å². The number of hydrogen-bond acceptors (Lipinski definition) is 3. The largest absolute Gasteiger partial charge is 0.479 e. The summed E-state index contributed by atoms with van der Waals surface area (Å²) in [6.07, 6.45) is 30.8. The minimum atomic E-state index is -1.12. The van der Waals surface area contributed by atoms with Gasteiger partial charge in [-0.2, -0.15) is 0 Å². The molecule has 0 bridgehead atoms. The number of rotatable bonds is 17. The highest BCUT2D eigenvalue weighted by Gasteiger charge is 2.04. The van der Waals surface area contributed by atoms with Gasteiger partial charge in [-0.05, 0) is 51.4 Å². The molecule has 0 fully saturated rings. The minimum absolute atomic E-state index is 0.291. The molecule has 0 amide bonds. The quantitative estimate of drug-likeness (QED) is 0.180. The van der Waals surface area contributed by atoms with Crippen molar-refractivity contribution in [3.05, 3.63) is 60.8 Å². The van der Waals surface area contributed by atoms with Crippen molar-refractivity contribution < 1.29 is 19.4 Å². The fourth-order valence-electron chi connectivity index (χ4n) is 2.29. The van der Waals surface area contributed by atoms with Gasteiger partial charge in [-0.15, -0.1) is 0 Å². The van der Waals surface area contributed by atoms with Gasteiger partial charge in [0, 0.05) is 6.42 Å². The van der Waals surface area contributed by atoms with E-state index in [9.17, 15) is 9.59 Å². The van der Waals surface area contributed by atoms with E-state index in [1.54, 1.807) is 0 Å². The van der Waals surface area contributed by atoms with E-state index < -0.39 is 18.5 Å². The van der Waals surface area contributed by atoms with Gasteiger partial charge in [0.2, 0.25) is 0 Å². The lowest BCUT2D eigenvalue weighted by atomic mass is 10.1. The molecular formula is C24H36O4. The van der Waals surface area contributed by atoms with E-state index in [2.05, 4.69) is 72.4 Å². The van der Waals surface area contributed by atoms with Crippen molar-refractivity contribution in [1.82, 2.24) is 0 Å². The third kappa shape index (κ3) is 21.7. The number of unbranched alkanes of at least 4 members (excludes halogenated alkanes) is 3. The summed E-state index contributed by atoms with van der Waals surface area (Å²) in [6, 6.07) is 0. The summed E-state index contributed by atoms with van der Waals surface area (Å²) in [5.41, 5.74) is 0. The number of carboxylic acid groups (broad SMARTS) is 1. The second-order valence-corrected chi connectivity index (χ2v) is 6.36. The van der Waals surface area contributed by atoms with E-state index in [-0.39, 0.29) is 0 Å². The van der Waals surface area contributed by atoms with Gasteiger partial charge in [-0.1, -0.05) is 74.1 Å². The molecule has 0 saturated heterocycles. The van der Waals surface area contributed by atoms with Crippen molar-refractivity contribution in [2.24, 2.45) is 0 Å². The van der Waals surface area contributed by atoms with Gasteiger partial charge in [0.05, 0.1) is 0 Å². The van der Waals surface area contributed by atoms with Gasteiger partial charge in [0.25, 0.3) is 0 Å². The summed E-state index contributed by atoms with van der Waals surface area (Å²) in [4.78, 5) is 21.5. The number of carbonyl (C=O) groups excluding carboxylic acids is 1. The molecule has 0 rings (SSSR count). The van der Waals surface area contributed by atoms with Crippen molar-refractivity contribution in [1.29, 1.82) is 0 Å². The summed E-state index contributed by atoms with van der Waals surface area (Å²) < 4.78 is 4.57. The molecule has 4 nitrogen and oxygen atoms in total. The Morgan fingerprint density at radius 3 is 1.71 bits per heavy atom. The van der Waals surface area contributed by atoms with Crippen molar-refractivity contribution in [3.63, 3.8) is 0 Å². The van der Waals surface area contributed by atoms with Crippen LogP contribution in [-0.4, -0.2) is 23.7 Å². The molecule has 0 aromatic carbocycles. The Labute approximate surface area is 170 Å². The molecule has 0 radical (unpaired) electrons. The van der Waals surface area contributed by atoms with Crippen LogP contribution in [0.25, 0.3) is 0 Å². The summed E-state index contributed by atoms with van der Waals surface area (Å²) >= 11 is 0. The molecule has 0 atom stereocenters. The molecule has 28 heavy (non-hydrogen) atoms. The van der Waals surface area contributed by atoms with Crippen molar-refractivity contribution in [3.8, 4) is 0 Å². The highest BCUT2D eigenvalue weighted by molar-refractivity contribution is 5.75. The first kappa shape index (κ1) is 25.6. The maximum atomic E-state index is 11.2. The Bertz CT molecular complexity index is 539. The molecule has 0 aromatic rings. The van der Waals surface area contributed by atoms with E-state index in [0.29, 0.717) is 6.42 Å². The topological polar surface area (TPSA) is 63.6 Å². The Morgan fingerprint density at radius 2 is 1.21 bits per heavy atom. The van der Waals surface area contributed by atoms with Crippen LogP contribution in [0.2, 0.25) is 0 Å². The van der Waals surface area contributed by atoms with E-state index in [0.717, 1.165) is 57.8 Å². The zero-order valence-electron chi connectivity index (χ0n) is 17.2. The summed E-state index contributed by atoms with van der Waals surface area (Å²) in [7, 11) is 0. The molecule has 4 heteroatoms. The molecule has 1 N–H and O–H groups in total. The Morgan fingerprint density at radius 1 is 0.714 bits per heavy atom. The number of allylic oxidation sites excluding steroid dienone is 10. The van der Waals surface area contributed by atoms with Gasteiger partial charge in [-0.25, -0.2) is 4.79 Å². The number of carboxylic acids is 1. The monoisotopic (exact) mass is 388 g/mol. The first-order chi connectivity index (χ1) is 13.7. The Hall–Kier alpha value is -2.36. The fraction of sp³-hybridized carbons (Fsp3) is 0.500. The van der Waals surface area contributed by atoms with Crippen LogP contribution in [-0.2, 0) is 14.3 Å². The van der Waals surface area contributed by atoms with Crippen LogP contribution < -0.4 is 0 Å². The SMILES string of the molecule is CC/C=C\C/C=C\C/C=C\C/C=C\C/C=C\CCCCCC(=O)OCC(=O)O. The van der Waals surface area contributed by atoms with E-state index in [1.165, 1.54) is 0 Å². The minimum Gasteiger partial charge on any atom is -0.479 e. The maximum Gasteiger partial charge on any atom is 0.341 e. The van der Waals surface area contributed by atoms with Crippen LogP contribution in [0.1, 0.15) is 71.1 Å². The molecule has 0 heterocycles. The van der Waals surface area contributed by atoms with Crippen LogP contribution >= 0.6 is 0 Å². The highest BCUT2D eigenvalue weighted by Crippen LogP contribution is 2.05. The van der Waals surface area contributed by atoms with Gasteiger partial charge < -0.3 is 9.84 Å².